The predicted molar refractivity (Wildman–Crippen MR) is 174 cm³/mol. The van der Waals surface area contributed by atoms with Gasteiger partial charge in [0.1, 0.15) is 22.9 Å². The molecule has 0 bridgehead atoms. The lowest BCUT2D eigenvalue weighted by atomic mass is 9.83. The number of carbonyl (C=O) groups excluding carboxylic acids is 2. The zero-order valence-electron chi connectivity index (χ0n) is 26.0. The van der Waals surface area contributed by atoms with Gasteiger partial charge in [-0.3, -0.25) is 14.6 Å². The number of nitrogens with one attached hydrogen (secondary N) is 1. The average Bonchev–Trinajstić information content (AvgIpc) is 3.28. The first-order valence-electron chi connectivity index (χ1n) is 16.0. The number of anilines is 1. The van der Waals surface area contributed by atoms with Gasteiger partial charge in [-0.2, -0.15) is 4.99 Å². The van der Waals surface area contributed by atoms with E-state index in [-0.39, 0.29) is 17.7 Å². The number of nitrogens with two attached hydrogens (primary N) is 1. The first-order valence-corrected chi connectivity index (χ1v) is 16.0. The Morgan fingerprint density at radius 3 is 2.62 bits per heavy atom. The van der Waals surface area contributed by atoms with E-state index in [0.29, 0.717) is 48.6 Å². The van der Waals surface area contributed by atoms with Crippen LogP contribution in [0.15, 0.2) is 65.7 Å². The fraction of sp³-hybridized carbons (Fsp3) is 0.417. The number of carbonyl (C=O) groups is 2. The molecule has 1 spiro atoms. The lowest BCUT2D eigenvalue weighted by molar-refractivity contribution is 0.100. The van der Waals surface area contributed by atoms with Crippen molar-refractivity contribution in [3.05, 3.63) is 83.7 Å². The molecular weight excluding hydrogens is 569 g/mol. The Morgan fingerprint density at radius 2 is 1.89 bits per heavy atom. The number of hydrogen-bond acceptors (Lipinski definition) is 5. The predicted octanol–water partition coefficient (Wildman–Crippen LogP) is 6.47. The standard InChI is InChI=1S/C36H41FN5O3/c1-24(2)45-28-12-8-9-25(21-28)23-41-19-17-36(18-20-41)34(39-27-10-4-3-5-11-27)40-35(44)42(36)32-22-26(37)15-16-30(32)29-13-6-7-14-31(29)33(38)43/h6,8-9,12-16,21-22,24,27H,3-5,10-11,17-20,23H2,1-2H3,(H2,38,43)(H,39,40,44). The van der Waals surface area contributed by atoms with E-state index in [2.05, 4.69) is 33.4 Å². The molecule has 9 heteroatoms. The third-order valence-corrected chi connectivity index (χ3v) is 9.19. The molecule has 1 radical (unpaired) electrons. The summed E-state index contributed by atoms with van der Waals surface area (Å²) >= 11 is 0. The van der Waals surface area contributed by atoms with E-state index in [4.69, 9.17) is 10.5 Å². The van der Waals surface area contributed by atoms with Crippen LogP contribution in [0.3, 0.4) is 0 Å². The molecule has 0 aromatic heterocycles. The largest absolute Gasteiger partial charge is 0.491 e. The van der Waals surface area contributed by atoms with E-state index in [9.17, 15) is 9.59 Å². The smallest absolute Gasteiger partial charge is 0.350 e. The average molecular weight is 611 g/mol. The minimum Gasteiger partial charge on any atom is -0.491 e. The van der Waals surface area contributed by atoms with Gasteiger partial charge in [0, 0.05) is 36.8 Å². The highest BCUT2D eigenvalue weighted by Crippen LogP contribution is 2.44. The third-order valence-electron chi connectivity index (χ3n) is 9.19. The zero-order chi connectivity index (χ0) is 31.6. The van der Waals surface area contributed by atoms with Gasteiger partial charge in [0.2, 0.25) is 5.91 Å². The Kier molecular flexibility index (Phi) is 8.90. The topological polar surface area (TPSA) is 100 Å². The van der Waals surface area contributed by atoms with Crippen molar-refractivity contribution in [1.82, 2.24) is 10.2 Å². The molecule has 235 valence electrons. The molecule has 3 aliphatic rings. The highest BCUT2D eigenvalue weighted by molar-refractivity contribution is 6.17. The maximum absolute atomic E-state index is 15.0. The van der Waals surface area contributed by atoms with Crippen LogP contribution >= 0.6 is 0 Å². The van der Waals surface area contributed by atoms with Crippen molar-refractivity contribution in [2.24, 2.45) is 10.7 Å². The van der Waals surface area contributed by atoms with E-state index < -0.39 is 23.3 Å². The molecule has 0 unspecified atom stereocenters. The number of piperidine rings is 1. The fourth-order valence-corrected chi connectivity index (χ4v) is 7.05. The quantitative estimate of drug-likeness (QED) is 0.304. The monoisotopic (exact) mass is 610 g/mol. The van der Waals surface area contributed by atoms with Gasteiger partial charge in [-0.25, -0.2) is 9.18 Å². The van der Waals surface area contributed by atoms with Gasteiger partial charge in [-0.05, 0) is 93.1 Å². The minimum atomic E-state index is -0.788. The normalized spacial score (nSPS) is 18.8. The van der Waals surface area contributed by atoms with Gasteiger partial charge < -0.3 is 15.8 Å². The molecule has 2 aliphatic heterocycles. The van der Waals surface area contributed by atoms with Gasteiger partial charge in [0.05, 0.1) is 11.8 Å². The number of benzene rings is 3. The summed E-state index contributed by atoms with van der Waals surface area (Å²) in [5, 5.41) is 3.68. The second-order valence-corrected chi connectivity index (χ2v) is 12.7. The Bertz CT molecular complexity index is 1590. The number of urea groups is 1. The molecule has 45 heavy (non-hydrogen) atoms. The summed E-state index contributed by atoms with van der Waals surface area (Å²) in [4.78, 5) is 35.0. The summed E-state index contributed by atoms with van der Waals surface area (Å²) in [6.45, 7) is 6.20. The molecular formula is C36H41FN5O3. The highest BCUT2D eigenvalue weighted by atomic mass is 19.1. The van der Waals surface area contributed by atoms with Gasteiger partial charge >= 0.3 is 6.03 Å². The van der Waals surface area contributed by atoms with Crippen LogP contribution in [0.1, 0.15) is 74.7 Å². The Labute approximate surface area is 264 Å². The number of ether oxygens (including phenoxy) is 1. The highest BCUT2D eigenvalue weighted by Gasteiger charge is 2.53. The molecule has 2 fully saturated rings. The van der Waals surface area contributed by atoms with Crippen molar-refractivity contribution in [1.29, 1.82) is 0 Å². The van der Waals surface area contributed by atoms with Crippen LogP contribution in [0.2, 0.25) is 0 Å². The number of primary amides is 1. The number of halogens is 1. The van der Waals surface area contributed by atoms with Crippen molar-refractivity contribution in [2.75, 3.05) is 18.0 Å². The van der Waals surface area contributed by atoms with E-state index in [1.165, 1.54) is 24.6 Å². The molecule has 3 amide bonds. The molecule has 6 rings (SSSR count). The molecule has 1 saturated heterocycles. The second kappa shape index (κ2) is 13.0. The second-order valence-electron chi connectivity index (χ2n) is 12.7. The van der Waals surface area contributed by atoms with Crippen molar-refractivity contribution in [2.45, 2.75) is 83.0 Å². The van der Waals surface area contributed by atoms with E-state index in [1.807, 2.05) is 26.0 Å². The van der Waals surface area contributed by atoms with Crippen molar-refractivity contribution >= 4 is 23.5 Å². The van der Waals surface area contributed by atoms with Gasteiger partial charge in [-0.1, -0.05) is 43.5 Å². The minimum absolute atomic E-state index is 0.0936. The summed E-state index contributed by atoms with van der Waals surface area (Å²) in [6.07, 6.45) is 6.85. The van der Waals surface area contributed by atoms with Gasteiger partial charge in [0.25, 0.3) is 0 Å². The molecule has 3 aromatic carbocycles. The molecule has 3 aromatic rings. The lowest BCUT2D eigenvalue weighted by Crippen LogP contribution is -2.62. The first-order chi connectivity index (χ1) is 21.7. The number of rotatable bonds is 8. The summed E-state index contributed by atoms with van der Waals surface area (Å²) < 4.78 is 21.0. The van der Waals surface area contributed by atoms with Gasteiger partial charge in [-0.15, -0.1) is 0 Å². The maximum atomic E-state index is 15.0. The van der Waals surface area contributed by atoms with E-state index >= 15 is 4.39 Å². The van der Waals surface area contributed by atoms with Gasteiger partial charge in [0.15, 0.2) is 0 Å². The van der Waals surface area contributed by atoms with Crippen LogP contribution < -0.4 is 20.7 Å². The number of aliphatic imine (C=N–C) groups is 1. The van der Waals surface area contributed by atoms with Crippen molar-refractivity contribution in [3.8, 4) is 16.9 Å². The van der Waals surface area contributed by atoms with Crippen LogP contribution in [0, 0.1) is 11.9 Å². The molecule has 0 atom stereocenters. The maximum Gasteiger partial charge on any atom is 0.350 e. The number of amidine groups is 1. The summed E-state index contributed by atoms with van der Waals surface area (Å²) in [5.74, 6) is 0.418. The van der Waals surface area contributed by atoms with Crippen LogP contribution in [0.4, 0.5) is 14.9 Å². The zero-order valence-corrected chi connectivity index (χ0v) is 26.0. The number of nitrogens with zero attached hydrogens (tertiary/aromatic N) is 3. The Balaban J connectivity index is 1.35. The SMILES string of the molecule is CC(C)Oc1cccc(CN2CCC3(CC2)C(NC2CCCCC2)=NC(=O)N3c2cc(F)ccc2-c2cc[c]cc2C(N)=O)c1. The Morgan fingerprint density at radius 1 is 1.11 bits per heavy atom. The van der Waals surface area contributed by atoms with E-state index in [0.717, 1.165) is 43.5 Å². The lowest BCUT2D eigenvalue weighted by Gasteiger charge is -2.46. The van der Waals surface area contributed by atoms with Crippen molar-refractivity contribution in [3.63, 3.8) is 0 Å². The number of amides is 3. The summed E-state index contributed by atoms with van der Waals surface area (Å²) in [5.41, 5.74) is 7.80. The van der Waals surface area contributed by atoms with Crippen molar-refractivity contribution < 1.29 is 18.7 Å². The number of hydrogen-bond donors (Lipinski definition) is 2. The summed E-state index contributed by atoms with van der Waals surface area (Å²) in [7, 11) is 0. The Hall–Kier alpha value is -4.24. The fourth-order valence-electron chi connectivity index (χ4n) is 7.05. The summed E-state index contributed by atoms with van der Waals surface area (Å²) in [6, 6.07) is 20.2. The molecule has 8 nitrogen and oxygen atoms in total. The molecule has 2 heterocycles. The van der Waals surface area contributed by atoms with Crippen LogP contribution in [0.25, 0.3) is 11.1 Å². The van der Waals surface area contributed by atoms with E-state index in [1.54, 1.807) is 23.1 Å². The van der Waals surface area contributed by atoms with Crippen LogP contribution in [0.5, 0.6) is 5.75 Å². The third kappa shape index (κ3) is 6.45. The van der Waals surface area contributed by atoms with Crippen LogP contribution in [-0.4, -0.2) is 53.4 Å². The number of likely N-dealkylation sites (tertiary alicyclic amines) is 1. The first kappa shape index (κ1) is 30.8. The van der Waals surface area contributed by atoms with Crippen LogP contribution in [-0.2, 0) is 6.54 Å². The molecule has 1 saturated carbocycles. The molecule has 3 N–H and O–H groups in total. The molecule has 1 aliphatic carbocycles.